The fourth-order valence-corrected chi connectivity index (χ4v) is 3.62. The Morgan fingerprint density at radius 2 is 1.45 bits per heavy atom. The Kier molecular flexibility index (Phi) is 2.23. The molecule has 5 rings (SSSR count). The summed E-state index contributed by atoms with van der Waals surface area (Å²) >= 11 is 0. The molecule has 0 spiro atoms. The molecular formula is C20H14BN. The highest BCUT2D eigenvalue weighted by Crippen LogP contribution is 2.53. The average molecular weight is 279 g/mol. The number of hydrogen-bond donors (Lipinski definition) is 0. The first-order valence-electron chi connectivity index (χ1n) is 7.65. The molecule has 0 N–H and O–H groups in total. The third kappa shape index (κ3) is 1.39. The molecule has 0 saturated carbocycles. The van der Waals surface area contributed by atoms with Crippen molar-refractivity contribution in [2.24, 2.45) is 0 Å². The van der Waals surface area contributed by atoms with Crippen LogP contribution in [-0.4, -0.2) is 12.4 Å². The third-order valence-electron chi connectivity index (χ3n) is 4.59. The lowest BCUT2D eigenvalue weighted by atomic mass is 9.83. The molecule has 0 radical (unpaired) electrons. The maximum absolute atomic E-state index is 2.40. The monoisotopic (exact) mass is 279 g/mol. The van der Waals surface area contributed by atoms with Crippen molar-refractivity contribution in [1.82, 2.24) is 4.57 Å². The van der Waals surface area contributed by atoms with Crippen molar-refractivity contribution < 1.29 is 0 Å². The molecule has 1 aliphatic carbocycles. The first-order chi connectivity index (χ1) is 10.8. The Morgan fingerprint density at radius 1 is 0.727 bits per heavy atom. The molecule has 0 atom stereocenters. The fourth-order valence-electron chi connectivity index (χ4n) is 3.62. The van der Waals surface area contributed by atoms with Gasteiger partial charge in [-0.2, -0.15) is 0 Å². The zero-order valence-electron chi connectivity index (χ0n) is 12.4. The summed E-state index contributed by atoms with van der Waals surface area (Å²) in [6.45, 7) is 0. The molecule has 0 bridgehead atoms. The molecule has 2 heteroatoms. The van der Waals surface area contributed by atoms with E-state index < -0.39 is 0 Å². The molecular weight excluding hydrogens is 265 g/mol. The van der Waals surface area contributed by atoms with E-state index in [-0.39, 0.29) is 0 Å². The minimum atomic E-state index is 1.23. The minimum Gasteiger partial charge on any atom is -0.309 e. The van der Waals surface area contributed by atoms with E-state index in [1.807, 2.05) is 0 Å². The van der Waals surface area contributed by atoms with E-state index in [1.165, 1.54) is 44.4 Å². The highest BCUT2D eigenvalue weighted by molar-refractivity contribution is 6.34. The van der Waals surface area contributed by atoms with Crippen molar-refractivity contribution in [2.75, 3.05) is 0 Å². The van der Waals surface area contributed by atoms with E-state index in [0.29, 0.717) is 0 Å². The van der Waals surface area contributed by atoms with Crippen LogP contribution in [0.4, 0.5) is 0 Å². The highest BCUT2D eigenvalue weighted by atomic mass is 15.0. The van der Waals surface area contributed by atoms with Crippen molar-refractivity contribution in [3.63, 3.8) is 0 Å². The van der Waals surface area contributed by atoms with Gasteiger partial charge in [0.05, 0.1) is 11.2 Å². The summed E-state index contributed by atoms with van der Waals surface area (Å²) in [5, 5.41) is 1.36. The minimum absolute atomic E-state index is 1.23. The van der Waals surface area contributed by atoms with Crippen molar-refractivity contribution in [3.8, 4) is 28.1 Å². The lowest BCUT2D eigenvalue weighted by Gasteiger charge is -2.23. The van der Waals surface area contributed by atoms with E-state index in [0.717, 1.165) is 0 Å². The smallest absolute Gasteiger partial charge is 0.139 e. The van der Waals surface area contributed by atoms with Gasteiger partial charge in [0.25, 0.3) is 0 Å². The predicted molar refractivity (Wildman–Crippen MR) is 95.9 cm³/mol. The molecule has 0 saturated heterocycles. The fraction of sp³-hybridized carbons (Fsp3) is 0. The van der Waals surface area contributed by atoms with Crippen LogP contribution in [-0.2, 0) is 0 Å². The Labute approximate surface area is 130 Å². The topological polar surface area (TPSA) is 4.93 Å². The normalized spacial score (nSPS) is 11.8. The molecule has 22 heavy (non-hydrogen) atoms. The SMILES string of the molecule is Bc1ccc2c(c1)c1c(n2-c2ccccc2)-c2ccccc2-1. The van der Waals surface area contributed by atoms with Gasteiger partial charge in [-0.1, -0.05) is 60.1 Å². The van der Waals surface area contributed by atoms with Gasteiger partial charge in [-0.15, -0.1) is 0 Å². The van der Waals surface area contributed by atoms with E-state index in [1.54, 1.807) is 0 Å². The van der Waals surface area contributed by atoms with Crippen molar-refractivity contribution in [2.45, 2.75) is 0 Å². The van der Waals surface area contributed by atoms with Crippen LogP contribution in [0.2, 0.25) is 0 Å². The Hall–Kier alpha value is -2.74. The second kappa shape index (κ2) is 4.14. The molecule has 0 fully saturated rings. The van der Waals surface area contributed by atoms with Gasteiger partial charge < -0.3 is 4.57 Å². The summed E-state index contributed by atoms with van der Waals surface area (Å²) in [5.74, 6) is 0. The lowest BCUT2D eigenvalue weighted by molar-refractivity contribution is 1.13. The Bertz CT molecular complexity index is 1030. The van der Waals surface area contributed by atoms with Crippen LogP contribution < -0.4 is 5.46 Å². The standard InChI is InChI=1S/C20H14BN/c21-13-10-11-18-17(12-13)19-15-8-4-5-9-16(15)20(19)22(18)14-6-2-1-3-7-14/h1-12H,21H2. The number of fused-ring (bicyclic) bond motifs is 6. The molecule has 0 aliphatic heterocycles. The first kappa shape index (κ1) is 11.9. The molecule has 3 aromatic carbocycles. The van der Waals surface area contributed by atoms with Crippen LogP contribution in [0, 0.1) is 0 Å². The quantitative estimate of drug-likeness (QED) is 0.414. The van der Waals surface area contributed by atoms with Crippen molar-refractivity contribution in [3.05, 3.63) is 72.8 Å². The largest absolute Gasteiger partial charge is 0.309 e. The van der Waals surface area contributed by atoms with Gasteiger partial charge in [0.1, 0.15) is 7.85 Å². The van der Waals surface area contributed by atoms with Gasteiger partial charge in [-0.25, -0.2) is 0 Å². The molecule has 1 heterocycles. The van der Waals surface area contributed by atoms with E-state index >= 15 is 0 Å². The van der Waals surface area contributed by atoms with Gasteiger partial charge >= 0.3 is 0 Å². The van der Waals surface area contributed by atoms with Crippen LogP contribution in [0.15, 0.2) is 72.8 Å². The maximum Gasteiger partial charge on any atom is 0.139 e. The molecule has 0 unspecified atom stereocenters. The number of rotatable bonds is 1. The first-order valence-corrected chi connectivity index (χ1v) is 7.65. The van der Waals surface area contributed by atoms with E-state index in [4.69, 9.17) is 0 Å². The molecule has 1 aliphatic rings. The molecule has 102 valence electrons. The average Bonchev–Trinajstić information content (AvgIpc) is 2.83. The third-order valence-corrected chi connectivity index (χ3v) is 4.59. The van der Waals surface area contributed by atoms with Crippen LogP contribution >= 0.6 is 0 Å². The van der Waals surface area contributed by atoms with Crippen molar-refractivity contribution in [1.29, 1.82) is 0 Å². The van der Waals surface area contributed by atoms with Crippen molar-refractivity contribution >= 4 is 24.2 Å². The number of aromatic nitrogens is 1. The number of nitrogens with zero attached hydrogens (tertiary/aromatic N) is 1. The zero-order valence-corrected chi connectivity index (χ0v) is 12.4. The summed E-state index contributed by atoms with van der Waals surface area (Å²) in [5.41, 5.74) is 9.31. The van der Waals surface area contributed by atoms with Crippen LogP contribution in [0.25, 0.3) is 39.0 Å². The highest BCUT2D eigenvalue weighted by Gasteiger charge is 2.30. The molecule has 0 amide bonds. The molecule has 1 nitrogen and oxygen atoms in total. The second-order valence-electron chi connectivity index (χ2n) is 5.96. The van der Waals surface area contributed by atoms with Gasteiger partial charge in [-0.05, 0) is 23.8 Å². The van der Waals surface area contributed by atoms with Crippen LogP contribution in [0.3, 0.4) is 0 Å². The Balaban J connectivity index is 1.94. The zero-order chi connectivity index (χ0) is 14.7. The number of para-hydroxylation sites is 1. The van der Waals surface area contributed by atoms with Gasteiger partial charge in [-0.3, -0.25) is 0 Å². The maximum atomic E-state index is 2.40. The number of benzene rings is 3. The lowest BCUT2D eigenvalue weighted by Crippen LogP contribution is -2.03. The molecule has 4 aromatic rings. The van der Waals surface area contributed by atoms with Gasteiger partial charge in [0, 0.05) is 22.2 Å². The number of hydrogen-bond acceptors (Lipinski definition) is 0. The second-order valence-corrected chi connectivity index (χ2v) is 5.96. The summed E-state index contributed by atoms with van der Waals surface area (Å²) in [4.78, 5) is 0. The van der Waals surface area contributed by atoms with Gasteiger partial charge in [0.2, 0.25) is 0 Å². The van der Waals surface area contributed by atoms with E-state index in [2.05, 4.69) is 85.2 Å². The summed E-state index contributed by atoms with van der Waals surface area (Å²) < 4.78 is 2.40. The summed E-state index contributed by atoms with van der Waals surface area (Å²) in [7, 11) is 2.16. The van der Waals surface area contributed by atoms with E-state index in [9.17, 15) is 0 Å². The Morgan fingerprint density at radius 3 is 2.27 bits per heavy atom. The van der Waals surface area contributed by atoms with Gasteiger partial charge in [0.15, 0.2) is 0 Å². The predicted octanol–water partition coefficient (Wildman–Crippen LogP) is 3.54. The van der Waals surface area contributed by atoms with Crippen LogP contribution in [0.5, 0.6) is 0 Å². The summed E-state index contributed by atoms with van der Waals surface area (Å²) in [6.07, 6.45) is 0. The summed E-state index contributed by atoms with van der Waals surface area (Å²) in [6, 6.07) is 26.1. The molecule has 1 aromatic heterocycles. The van der Waals surface area contributed by atoms with Crippen LogP contribution in [0.1, 0.15) is 0 Å².